The van der Waals surface area contributed by atoms with Crippen molar-refractivity contribution in [2.75, 3.05) is 0 Å². The van der Waals surface area contributed by atoms with E-state index in [0.29, 0.717) is 12.0 Å². The number of Topliss-reactive ketones (excluding diaryl/α,β-unsaturated/α-hetero) is 1. The van der Waals surface area contributed by atoms with E-state index in [4.69, 9.17) is 0 Å². The number of unbranched alkanes of at least 4 members (excludes halogenated alkanes) is 6. The molecule has 0 aliphatic carbocycles. The molecule has 7 nitrogen and oxygen atoms in total. The first kappa shape index (κ1) is 29.8. The van der Waals surface area contributed by atoms with Gasteiger partial charge in [0.15, 0.2) is 5.78 Å². The number of carbonyl (C=O) groups excluding carboxylic acids is 3. The molecule has 1 rings (SSSR count). The zero-order valence-electron chi connectivity index (χ0n) is 21.3. The lowest BCUT2D eigenvalue weighted by molar-refractivity contribution is -0.129. The third-order valence-electron chi connectivity index (χ3n) is 5.84. The number of amides is 2. The van der Waals surface area contributed by atoms with Gasteiger partial charge in [0.2, 0.25) is 11.8 Å². The molecular formula is C26H43BN2O5. The summed E-state index contributed by atoms with van der Waals surface area (Å²) in [6, 6.07) is 5.96. The number of ketones is 1. The standard InChI is InChI=1S/C26H43BN2O5/c1-5-6-7-8-9-10-11-12-25(31)28-22(18-23(30)21-15-13-20(4)14-16-21)26(32)29-24(27(33)34)17-19(2)3/h13-16,19,22,24,33-34H,5-12,17-18H2,1-4H3,(H,28,31)(H,29,32)/t22-,24+/m1/s1. The fourth-order valence-corrected chi connectivity index (χ4v) is 3.81. The van der Waals surface area contributed by atoms with Gasteiger partial charge in [-0.15, -0.1) is 0 Å². The summed E-state index contributed by atoms with van der Waals surface area (Å²) in [5.74, 6) is -1.90. The first-order valence-electron chi connectivity index (χ1n) is 12.7. The molecule has 4 N–H and O–H groups in total. The van der Waals surface area contributed by atoms with Gasteiger partial charge in [-0.25, -0.2) is 0 Å². The van der Waals surface area contributed by atoms with Gasteiger partial charge in [-0.05, 0) is 25.7 Å². The summed E-state index contributed by atoms with van der Waals surface area (Å²) in [4.78, 5) is 38.3. The zero-order chi connectivity index (χ0) is 25.5. The minimum atomic E-state index is -1.73. The van der Waals surface area contributed by atoms with Crippen LogP contribution in [0.5, 0.6) is 0 Å². The van der Waals surface area contributed by atoms with Gasteiger partial charge in [0, 0.05) is 18.4 Å². The average Bonchev–Trinajstić information content (AvgIpc) is 2.77. The van der Waals surface area contributed by atoms with E-state index < -0.39 is 25.0 Å². The molecule has 0 aliphatic heterocycles. The molecule has 0 spiro atoms. The number of hydrogen-bond donors (Lipinski definition) is 4. The Kier molecular flexibility index (Phi) is 14.4. The number of aryl methyl sites for hydroxylation is 1. The van der Waals surface area contributed by atoms with Crippen LogP contribution < -0.4 is 10.6 Å². The summed E-state index contributed by atoms with van der Waals surface area (Å²) in [7, 11) is -1.73. The molecule has 2 amide bonds. The second-order valence-electron chi connectivity index (χ2n) is 9.64. The van der Waals surface area contributed by atoms with E-state index in [1.54, 1.807) is 12.1 Å². The predicted molar refractivity (Wildman–Crippen MR) is 136 cm³/mol. The molecule has 0 fully saturated rings. The van der Waals surface area contributed by atoms with Crippen molar-refractivity contribution in [3.05, 3.63) is 35.4 Å². The number of carbonyl (C=O) groups is 3. The second-order valence-corrected chi connectivity index (χ2v) is 9.64. The van der Waals surface area contributed by atoms with Crippen molar-refractivity contribution in [2.24, 2.45) is 5.92 Å². The highest BCUT2D eigenvalue weighted by molar-refractivity contribution is 6.43. The van der Waals surface area contributed by atoms with Gasteiger partial charge in [-0.1, -0.05) is 89.1 Å². The minimum Gasteiger partial charge on any atom is -0.426 e. The van der Waals surface area contributed by atoms with Gasteiger partial charge in [-0.2, -0.15) is 0 Å². The molecule has 0 heterocycles. The SMILES string of the molecule is CCCCCCCCCC(=O)N[C@H](CC(=O)c1ccc(C)cc1)C(=O)N[C@@H](CC(C)C)B(O)O. The lowest BCUT2D eigenvalue weighted by Gasteiger charge is -2.24. The maximum absolute atomic E-state index is 13.0. The molecule has 0 bridgehead atoms. The molecule has 0 aliphatic rings. The molecule has 0 radical (unpaired) electrons. The van der Waals surface area contributed by atoms with Crippen LogP contribution in [0.1, 0.15) is 101 Å². The van der Waals surface area contributed by atoms with E-state index in [9.17, 15) is 24.4 Å². The molecular weight excluding hydrogens is 431 g/mol. The normalized spacial score (nSPS) is 12.8. The first-order chi connectivity index (χ1) is 16.1. The summed E-state index contributed by atoms with van der Waals surface area (Å²) >= 11 is 0. The van der Waals surface area contributed by atoms with Crippen LogP contribution >= 0.6 is 0 Å². The summed E-state index contributed by atoms with van der Waals surface area (Å²) < 4.78 is 0. The zero-order valence-corrected chi connectivity index (χ0v) is 21.3. The van der Waals surface area contributed by atoms with E-state index in [1.165, 1.54) is 19.3 Å². The highest BCUT2D eigenvalue weighted by Crippen LogP contribution is 2.12. The molecule has 1 aromatic rings. The third-order valence-corrected chi connectivity index (χ3v) is 5.84. The number of nitrogens with one attached hydrogen (secondary N) is 2. The van der Waals surface area contributed by atoms with Crippen LogP contribution in [0.25, 0.3) is 0 Å². The van der Waals surface area contributed by atoms with Crippen molar-refractivity contribution in [1.29, 1.82) is 0 Å². The number of hydrogen-bond acceptors (Lipinski definition) is 5. The van der Waals surface area contributed by atoms with Gasteiger partial charge in [0.1, 0.15) is 6.04 Å². The summed E-state index contributed by atoms with van der Waals surface area (Å²) in [6.45, 7) is 7.91. The van der Waals surface area contributed by atoms with E-state index in [1.807, 2.05) is 32.9 Å². The van der Waals surface area contributed by atoms with Crippen LogP contribution in [-0.4, -0.2) is 46.7 Å². The van der Waals surface area contributed by atoms with Crippen LogP contribution in [0.2, 0.25) is 0 Å². The monoisotopic (exact) mass is 474 g/mol. The fourth-order valence-electron chi connectivity index (χ4n) is 3.81. The van der Waals surface area contributed by atoms with Crippen molar-refractivity contribution < 1.29 is 24.4 Å². The third kappa shape index (κ3) is 12.3. The Morgan fingerprint density at radius 1 is 0.912 bits per heavy atom. The smallest absolute Gasteiger partial charge is 0.426 e. The maximum atomic E-state index is 13.0. The van der Waals surface area contributed by atoms with Gasteiger partial charge < -0.3 is 20.7 Å². The van der Waals surface area contributed by atoms with Crippen molar-refractivity contribution in [3.8, 4) is 0 Å². The van der Waals surface area contributed by atoms with Gasteiger partial charge >= 0.3 is 7.12 Å². The maximum Gasteiger partial charge on any atom is 0.475 e. The number of rotatable bonds is 17. The predicted octanol–water partition coefficient (Wildman–Crippen LogP) is 3.74. The Labute approximate surface area is 205 Å². The van der Waals surface area contributed by atoms with Gasteiger partial charge in [0.25, 0.3) is 0 Å². The van der Waals surface area contributed by atoms with E-state index in [2.05, 4.69) is 17.6 Å². The number of benzene rings is 1. The van der Waals surface area contributed by atoms with Crippen LogP contribution in [-0.2, 0) is 9.59 Å². The molecule has 8 heteroatoms. The Morgan fingerprint density at radius 3 is 2.06 bits per heavy atom. The van der Waals surface area contributed by atoms with Crippen LogP contribution in [0, 0.1) is 12.8 Å². The largest absolute Gasteiger partial charge is 0.475 e. The molecule has 1 aromatic carbocycles. The van der Waals surface area contributed by atoms with Crippen LogP contribution in [0.4, 0.5) is 0 Å². The molecule has 0 unspecified atom stereocenters. The molecule has 0 aromatic heterocycles. The average molecular weight is 474 g/mol. The topological polar surface area (TPSA) is 116 Å². The first-order valence-corrected chi connectivity index (χ1v) is 12.7. The summed E-state index contributed by atoms with van der Waals surface area (Å²) in [5, 5.41) is 24.6. The highest BCUT2D eigenvalue weighted by Gasteiger charge is 2.31. The summed E-state index contributed by atoms with van der Waals surface area (Å²) in [5.41, 5.74) is 1.48. The molecule has 2 atom stereocenters. The lowest BCUT2D eigenvalue weighted by Crippen LogP contribution is -2.54. The Balaban J connectivity index is 2.77. The van der Waals surface area contributed by atoms with Crippen molar-refractivity contribution in [3.63, 3.8) is 0 Å². The van der Waals surface area contributed by atoms with Crippen molar-refractivity contribution in [2.45, 2.75) is 104 Å². The Bertz CT molecular complexity index is 752. The lowest BCUT2D eigenvalue weighted by atomic mass is 9.75. The minimum absolute atomic E-state index is 0.117. The quantitative estimate of drug-likeness (QED) is 0.156. The van der Waals surface area contributed by atoms with E-state index in [-0.39, 0.29) is 30.4 Å². The van der Waals surface area contributed by atoms with Gasteiger partial charge in [0.05, 0.1) is 5.94 Å². The van der Waals surface area contributed by atoms with E-state index >= 15 is 0 Å². The van der Waals surface area contributed by atoms with Crippen molar-refractivity contribution >= 4 is 24.7 Å². The summed E-state index contributed by atoms with van der Waals surface area (Å²) in [6.07, 6.45) is 7.98. The van der Waals surface area contributed by atoms with Crippen LogP contribution in [0.15, 0.2) is 24.3 Å². The fraction of sp³-hybridized carbons (Fsp3) is 0.654. The Morgan fingerprint density at radius 2 is 1.50 bits per heavy atom. The van der Waals surface area contributed by atoms with Gasteiger partial charge in [-0.3, -0.25) is 14.4 Å². The molecule has 0 saturated carbocycles. The van der Waals surface area contributed by atoms with E-state index in [0.717, 1.165) is 31.2 Å². The Hall–Kier alpha value is -2.19. The highest BCUT2D eigenvalue weighted by atomic mass is 16.4. The molecule has 190 valence electrons. The molecule has 34 heavy (non-hydrogen) atoms. The van der Waals surface area contributed by atoms with Crippen molar-refractivity contribution in [1.82, 2.24) is 10.6 Å². The molecule has 0 saturated heterocycles. The second kappa shape index (κ2) is 16.4. The van der Waals surface area contributed by atoms with Crippen LogP contribution in [0.3, 0.4) is 0 Å².